The monoisotopic (exact) mass is 315 g/mol. The van der Waals surface area contributed by atoms with E-state index in [1.54, 1.807) is 0 Å². The van der Waals surface area contributed by atoms with Gasteiger partial charge in [0.15, 0.2) is 0 Å². The molecular weight excluding hydrogens is 274 g/mol. The molecule has 3 nitrogen and oxygen atoms in total. The van der Waals surface area contributed by atoms with Crippen molar-refractivity contribution in [3.05, 3.63) is 0 Å². The van der Waals surface area contributed by atoms with Gasteiger partial charge in [-0.3, -0.25) is 4.79 Å². The summed E-state index contributed by atoms with van der Waals surface area (Å²) in [5.74, 6) is -0.659. The van der Waals surface area contributed by atoms with E-state index >= 15 is 0 Å². The Bertz CT molecular complexity index is 202. The number of aliphatic carboxylic acids is 1. The Morgan fingerprint density at radius 3 is 1.41 bits per heavy atom. The standard InChI is InChI=1S/C12H24O2.C7H17N/c1-2-3-4-5-6-7-8-9-10-11-12(13)14;1-2-3-4-5-6-7-8/h2-11H2,1H3,(H,13,14);2-8H2,1H3. The van der Waals surface area contributed by atoms with Gasteiger partial charge in [-0.25, -0.2) is 0 Å². The topological polar surface area (TPSA) is 63.3 Å². The number of carbonyl (C=O) groups is 1. The summed E-state index contributed by atoms with van der Waals surface area (Å²) in [6, 6.07) is 0. The first-order chi connectivity index (χ1) is 10.7. The molecule has 0 aromatic carbocycles. The second kappa shape index (κ2) is 22.7. The van der Waals surface area contributed by atoms with Crippen LogP contribution in [0.15, 0.2) is 0 Å². The maximum absolute atomic E-state index is 10.2. The highest BCUT2D eigenvalue weighted by atomic mass is 16.4. The fourth-order valence-electron chi connectivity index (χ4n) is 2.33. The highest BCUT2D eigenvalue weighted by molar-refractivity contribution is 5.66. The van der Waals surface area contributed by atoms with E-state index in [0.717, 1.165) is 19.4 Å². The summed E-state index contributed by atoms with van der Waals surface area (Å²) < 4.78 is 0. The molecule has 0 aliphatic rings. The van der Waals surface area contributed by atoms with Crippen LogP contribution in [0.3, 0.4) is 0 Å². The Morgan fingerprint density at radius 2 is 1.05 bits per heavy atom. The molecule has 0 heterocycles. The zero-order chi connectivity index (χ0) is 16.9. The fourth-order valence-corrected chi connectivity index (χ4v) is 2.33. The van der Waals surface area contributed by atoms with Gasteiger partial charge in [0.1, 0.15) is 0 Å². The number of hydrogen-bond donors (Lipinski definition) is 2. The Morgan fingerprint density at radius 1 is 0.682 bits per heavy atom. The molecule has 0 spiro atoms. The van der Waals surface area contributed by atoms with E-state index in [1.165, 1.54) is 77.0 Å². The molecule has 0 bridgehead atoms. The molecule has 0 saturated heterocycles. The fraction of sp³-hybridized carbons (Fsp3) is 0.947. The van der Waals surface area contributed by atoms with Crippen molar-refractivity contribution >= 4 is 5.97 Å². The van der Waals surface area contributed by atoms with Crippen LogP contribution in [0.1, 0.15) is 110 Å². The third-order valence-corrected chi connectivity index (χ3v) is 3.80. The largest absolute Gasteiger partial charge is 0.481 e. The Labute approximate surface area is 139 Å². The highest BCUT2D eigenvalue weighted by Crippen LogP contribution is 2.10. The van der Waals surface area contributed by atoms with E-state index in [-0.39, 0.29) is 0 Å². The molecule has 0 radical (unpaired) electrons. The normalized spacial score (nSPS) is 10.1. The number of unbranched alkanes of at least 4 members (excludes halogenated alkanes) is 12. The van der Waals surface area contributed by atoms with Gasteiger partial charge in [-0.1, -0.05) is 90.9 Å². The maximum Gasteiger partial charge on any atom is 0.303 e. The number of carboxylic acid groups (broad SMARTS) is 1. The Balaban J connectivity index is 0. The van der Waals surface area contributed by atoms with Crippen molar-refractivity contribution in [3.63, 3.8) is 0 Å². The molecule has 0 aromatic heterocycles. The molecule has 0 saturated carbocycles. The van der Waals surface area contributed by atoms with E-state index in [1.807, 2.05) is 0 Å². The minimum atomic E-state index is -0.659. The van der Waals surface area contributed by atoms with Gasteiger partial charge in [0.25, 0.3) is 0 Å². The lowest BCUT2D eigenvalue weighted by atomic mass is 10.1. The SMILES string of the molecule is CCCCCCCCCCCC(=O)O.CCCCCCCN. The van der Waals surface area contributed by atoms with Crippen LogP contribution in [-0.4, -0.2) is 17.6 Å². The van der Waals surface area contributed by atoms with Crippen LogP contribution in [0.2, 0.25) is 0 Å². The smallest absolute Gasteiger partial charge is 0.303 e. The quantitative estimate of drug-likeness (QED) is 0.369. The summed E-state index contributed by atoms with van der Waals surface area (Å²) in [7, 11) is 0. The average molecular weight is 316 g/mol. The number of carboxylic acids is 1. The first-order valence-electron chi connectivity index (χ1n) is 9.60. The summed E-state index contributed by atoms with van der Waals surface area (Å²) in [5, 5.41) is 8.41. The van der Waals surface area contributed by atoms with Crippen LogP contribution in [0.4, 0.5) is 0 Å². The second-order valence-corrected chi connectivity index (χ2v) is 6.18. The molecule has 0 atom stereocenters. The van der Waals surface area contributed by atoms with Crippen molar-refractivity contribution in [1.29, 1.82) is 0 Å². The van der Waals surface area contributed by atoms with E-state index < -0.39 is 5.97 Å². The van der Waals surface area contributed by atoms with Crippen LogP contribution >= 0.6 is 0 Å². The van der Waals surface area contributed by atoms with E-state index in [4.69, 9.17) is 10.8 Å². The molecule has 3 N–H and O–H groups in total. The van der Waals surface area contributed by atoms with Crippen LogP contribution < -0.4 is 5.73 Å². The van der Waals surface area contributed by atoms with Gasteiger partial charge in [-0.2, -0.15) is 0 Å². The van der Waals surface area contributed by atoms with Crippen molar-refractivity contribution in [2.75, 3.05) is 6.54 Å². The lowest BCUT2D eigenvalue weighted by Crippen LogP contribution is -1.97. The molecule has 0 rings (SSSR count). The summed E-state index contributed by atoms with van der Waals surface area (Å²) in [6.07, 6.45) is 18.1. The van der Waals surface area contributed by atoms with Crippen molar-refractivity contribution in [1.82, 2.24) is 0 Å². The summed E-state index contributed by atoms with van der Waals surface area (Å²) in [6.45, 7) is 5.32. The molecule has 0 aliphatic heterocycles. The van der Waals surface area contributed by atoms with Crippen molar-refractivity contribution < 1.29 is 9.90 Å². The lowest BCUT2D eigenvalue weighted by molar-refractivity contribution is -0.137. The predicted octanol–water partition coefficient (Wildman–Crippen LogP) is 5.91. The van der Waals surface area contributed by atoms with Gasteiger partial charge >= 0.3 is 5.97 Å². The number of nitrogens with two attached hydrogens (primary N) is 1. The molecule has 0 aliphatic carbocycles. The molecule has 0 fully saturated rings. The zero-order valence-corrected chi connectivity index (χ0v) is 15.2. The van der Waals surface area contributed by atoms with Crippen LogP contribution in [0.25, 0.3) is 0 Å². The minimum absolute atomic E-state index is 0.343. The minimum Gasteiger partial charge on any atom is -0.481 e. The van der Waals surface area contributed by atoms with Gasteiger partial charge in [-0.05, 0) is 19.4 Å². The molecule has 134 valence electrons. The first-order valence-corrected chi connectivity index (χ1v) is 9.60. The average Bonchev–Trinajstić information content (AvgIpc) is 2.50. The van der Waals surface area contributed by atoms with E-state index in [0.29, 0.717) is 6.42 Å². The Hall–Kier alpha value is -0.570. The third kappa shape index (κ3) is 27.7. The molecule has 0 amide bonds. The number of rotatable bonds is 15. The van der Waals surface area contributed by atoms with E-state index in [2.05, 4.69) is 13.8 Å². The maximum atomic E-state index is 10.2. The summed E-state index contributed by atoms with van der Waals surface area (Å²) in [5.41, 5.74) is 5.31. The number of hydrogen-bond acceptors (Lipinski definition) is 2. The van der Waals surface area contributed by atoms with Crippen LogP contribution in [-0.2, 0) is 4.79 Å². The molecular formula is C19H41NO2. The zero-order valence-electron chi connectivity index (χ0n) is 15.2. The first kappa shape index (κ1) is 23.7. The highest BCUT2D eigenvalue weighted by Gasteiger charge is 1.96. The molecule has 3 heteroatoms. The molecule has 0 aromatic rings. The van der Waals surface area contributed by atoms with Gasteiger partial charge < -0.3 is 10.8 Å². The molecule has 0 unspecified atom stereocenters. The van der Waals surface area contributed by atoms with E-state index in [9.17, 15) is 4.79 Å². The second-order valence-electron chi connectivity index (χ2n) is 6.18. The summed E-state index contributed by atoms with van der Waals surface area (Å²) >= 11 is 0. The van der Waals surface area contributed by atoms with Gasteiger partial charge in [0.05, 0.1) is 0 Å². The van der Waals surface area contributed by atoms with Crippen molar-refractivity contribution in [3.8, 4) is 0 Å². The van der Waals surface area contributed by atoms with Gasteiger partial charge in [0.2, 0.25) is 0 Å². The van der Waals surface area contributed by atoms with Gasteiger partial charge in [0, 0.05) is 6.42 Å². The third-order valence-electron chi connectivity index (χ3n) is 3.80. The van der Waals surface area contributed by atoms with Gasteiger partial charge in [-0.15, -0.1) is 0 Å². The lowest BCUT2D eigenvalue weighted by Gasteiger charge is -2.00. The van der Waals surface area contributed by atoms with Crippen LogP contribution in [0, 0.1) is 0 Å². The predicted molar refractivity (Wildman–Crippen MR) is 97.3 cm³/mol. The molecule has 22 heavy (non-hydrogen) atoms. The van der Waals surface area contributed by atoms with Crippen molar-refractivity contribution in [2.24, 2.45) is 5.73 Å². The Kier molecular flexibility index (Phi) is 24.5. The summed E-state index contributed by atoms with van der Waals surface area (Å²) in [4.78, 5) is 10.2. The van der Waals surface area contributed by atoms with Crippen molar-refractivity contribution in [2.45, 2.75) is 110 Å². The van der Waals surface area contributed by atoms with Crippen LogP contribution in [0.5, 0.6) is 0 Å².